The first kappa shape index (κ1) is 15.3. The third-order valence-electron chi connectivity index (χ3n) is 4.36. The number of morpholine rings is 1. The Hall–Kier alpha value is -1.64. The number of anilines is 1. The molecule has 5 heteroatoms. The van der Waals surface area contributed by atoms with E-state index in [2.05, 4.69) is 16.8 Å². The highest BCUT2D eigenvalue weighted by Gasteiger charge is 2.27. The molecule has 0 amide bonds. The summed E-state index contributed by atoms with van der Waals surface area (Å²) in [5.74, 6) is 0.409. The average Bonchev–Trinajstić information content (AvgIpc) is 3.31. The lowest BCUT2D eigenvalue weighted by atomic mass is 10.1. The largest absolute Gasteiger partial charge is 0.373 e. The number of benzene rings is 1. The van der Waals surface area contributed by atoms with Crippen molar-refractivity contribution in [1.82, 2.24) is 4.90 Å². The second-order valence-corrected chi connectivity index (χ2v) is 6.35. The van der Waals surface area contributed by atoms with Crippen molar-refractivity contribution in [2.45, 2.75) is 18.9 Å². The molecule has 1 aliphatic carbocycles. The molecule has 1 heterocycles. The summed E-state index contributed by atoms with van der Waals surface area (Å²) in [5.41, 5.74) is 0.815. The van der Waals surface area contributed by atoms with Crippen LogP contribution in [0.2, 0.25) is 0 Å². The van der Waals surface area contributed by atoms with Crippen LogP contribution in [0.3, 0.4) is 0 Å². The van der Waals surface area contributed by atoms with Crippen LogP contribution in [0.4, 0.5) is 10.1 Å². The van der Waals surface area contributed by atoms with Crippen molar-refractivity contribution in [3.8, 4) is 6.07 Å². The van der Waals surface area contributed by atoms with E-state index in [4.69, 9.17) is 4.74 Å². The van der Waals surface area contributed by atoms with Gasteiger partial charge in [0, 0.05) is 26.2 Å². The summed E-state index contributed by atoms with van der Waals surface area (Å²) in [4.78, 5) is 4.39. The van der Waals surface area contributed by atoms with Crippen LogP contribution in [0, 0.1) is 23.1 Å². The van der Waals surface area contributed by atoms with Crippen LogP contribution in [0.1, 0.15) is 18.4 Å². The minimum absolute atomic E-state index is 0.104. The first-order valence-electron chi connectivity index (χ1n) is 7.91. The quantitative estimate of drug-likeness (QED) is 0.836. The highest BCUT2D eigenvalue weighted by atomic mass is 19.1. The average molecular weight is 303 g/mol. The molecule has 1 aromatic carbocycles. The molecule has 1 aliphatic heterocycles. The molecule has 0 unspecified atom stereocenters. The standard InChI is InChI=1S/C17H22FN3O/c1-20(10-13-5-6-13)11-14-12-21(7-8-22-14)17-4-2-3-16(18)15(17)9-19/h2-4,13-14H,5-8,10-12H2,1H3/t14-/m1/s1. The van der Waals surface area contributed by atoms with Crippen LogP contribution in [-0.4, -0.2) is 50.8 Å². The predicted octanol–water partition coefficient (Wildman–Crippen LogP) is 2.24. The lowest BCUT2D eigenvalue weighted by molar-refractivity contribution is 0.0199. The fourth-order valence-electron chi connectivity index (χ4n) is 3.10. The molecule has 0 radical (unpaired) electrons. The Labute approximate surface area is 131 Å². The van der Waals surface area contributed by atoms with Gasteiger partial charge in [-0.2, -0.15) is 5.26 Å². The van der Waals surface area contributed by atoms with Crippen molar-refractivity contribution in [2.75, 3.05) is 44.7 Å². The molecule has 1 saturated heterocycles. The number of ether oxygens (including phenoxy) is 1. The minimum Gasteiger partial charge on any atom is -0.373 e. The molecule has 0 N–H and O–H groups in total. The zero-order valence-corrected chi connectivity index (χ0v) is 13.0. The fraction of sp³-hybridized carbons (Fsp3) is 0.588. The summed E-state index contributed by atoms with van der Waals surface area (Å²) < 4.78 is 19.6. The molecule has 22 heavy (non-hydrogen) atoms. The highest BCUT2D eigenvalue weighted by Crippen LogP contribution is 2.29. The Balaban J connectivity index is 1.65. The van der Waals surface area contributed by atoms with E-state index in [1.54, 1.807) is 6.07 Å². The summed E-state index contributed by atoms with van der Waals surface area (Å²) in [7, 11) is 2.13. The van der Waals surface area contributed by atoms with Gasteiger partial charge in [0.1, 0.15) is 17.4 Å². The van der Waals surface area contributed by atoms with Crippen LogP contribution in [-0.2, 0) is 4.74 Å². The highest BCUT2D eigenvalue weighted by molar-refractivity contribution is 5.60. The Morgan fingerprint density at radius 1 is 1.41 bits per heavy atom. The van der Waals surface area contributed by atoms with Gasteiger partial charge in [0.25, 0.3) is 0 Å². The SMILES string of the molecule is CN(CC1CC1)C[C@@H]1CN(c2cccc(F)c2C#N)CCO1. The lowest BCUT2D eigenvalue weighted by Crippen LogP contribution is -2.47. The van der Waals surface area contributed by atoms with Gasteiger partial charge in [-0.3, -0.25) is 0 Å². The summed E-state index contributed by atoms with van der Waals surface area (Å²) in [6.07, 6.45) is 2.79. The molecule has 1 atom stereocenters. The van der Waals surface area contributed by atoms with Gasteiger partial charge in [-0.1, -0.05) is 6.07 Å². The first-order chi connectivity index (χ1) is 10.7. The number of hydrogen-bond acceptors (Lipinski definition) is 4. The van der Waals surface area contributed by atoms with Gasteiger partial charge in [-0.25, -0.2) is 4.39 Å². The Morgan fingerprint density at radius 2 is 2.23 bits per heavy atom. The Kier molecular flexibility index (Phi) is 4.60. The van der Waals surface area contributed by atoms with E-state index in [1.807, 2.05) is 12.1 Å². The number of hydrogen-bond donors (Lipinski definition) is 0. The maximum absolute atomic E-state index is 13.8. The molecule has 0 aromatic heterocycles. The van der Waals surface area contributed by atoms with E-state index in [0.29, 0.717) is 25.4 Å². The van der Waals surface area contributed by atoms with E-state index in [0.717, 1.165) is 19.0 Å². The zero-order valence-electron chi connectivity index (χ0n) is 13.0. The summed E-state index contributed by atoms with van der Waals surface area (Å²) in [6.45, 7) is 4.02. The van der Waals surface area contributed by atoms with Crippen LogP contribution < -0.4 is 4.90 Å². The smallest absolute Gasteiger partial charge is 0.143 e. The molecule has 4 nitrogen and oxygen atoms in total. The van der Waals surface area contributed by atoms with Crippen LogP contribution in [0.15, 0.2) is 18.2 Å². The van der Waals surface area contributed by atoms with Gasteiger partial charge in [0.2, 0.25) is 0 Å². The van der Waals surface area contributed by atoms with Gasteiger partial charge in [-0.15, -0.1) is 0 Å². The van der Waals surface area contributed by atoms with Crippen LogP contribution >= 0.6 is 0 Å². The van der Waals surface area contributed by atoms with Crippen molar-refractivity contribution in [2.24, 2.45) is 5.92 Å². The van der Waals surface area contributed by atoms with E-state index >= 15 is 0 Å². The fourth-order valence-corrected chi connectivity index (χ4v) is 3.10. The van der Waals surface area contributed by atoms with Gasteiger partial charge in [0.15, 0.2) is 0 Å². The topological polar surface area (TPSA) is 39.5 Å². The van der Waals surface area contributed by atoms with E-state index < -0.39 is 5.82 Å². The van der Waals surface area contributed by atoms with Crippen molar-refractivity contribution in [3.05, 3.63) is 29.6 Å². The molecule has 118 valence electrons. The molecular formula is C17H22FN3O. The maximum Gasteiger partial charge on any atom is 0.143 e. The van der Waals surface area contributed by atoms with Crippen LogP contribution in [0.5, 0.6) is 0 Å². The van der Waals surface area contributed by atoms with Gasteiger partial charge < -0.3 is 14.5 Å². The molecule has 0 spiro atoms. The molecule has 0 bridgehead atoms. The monoisotopic (exact) mass is 303 g/mol. The molecule has 1 saturated carbocycles. The molecule has 2 aliphatic rings. The summed E-state index contributed by atoms with van der Waals surface area (Å²) in [5, 5.41) is 9.19. The normalized spacial score (nSPS) is 21.9. The number of nitrogens with zero attached hydrogens (tertiary/aromatic N) is 3. The molecule has 1 aromatic rings. The third-order valence-corrected chi connectivity index (χ3v) is 4.36. The van der Waals surface area contributed by atoms with Gasteiger partial charge in [0.05, 0.1) is 18.4 Å². The summed E-state index contributed by atoms with van der Waals surface area (Å²) >= 11 is 0. The maximum atomic E-state index is 13.8. The van der Waals surface area contributed by atoms with E-state index in [-0.39, 0.29) is 11.7 Å². The van der Waals surface area contributed by atoms with Crippen molar-refractivity contribution in [1.29, 1.82) is 5.26 Å². The predicted molar refractivity (Wildman–Crippen MR) is 83.3 cm³/mol. The van der Waals surface area contributed by atoms with Crippen molar-refractivity contribution in [3.63, 3.8) is 0 Å². The zero-order chi connectivity index (χ0) is 15.5. The third kappa shape index (κ3) is 3.57. The van der Waals surface area contributed by atoms with E-state index in [1.165, 1.54) is 18.9 Å². The number of rotatable bonds is 5. The minimum atomic E-state index is -0.450. The summed E-state index contributed by atoms with van der Waals surface area (Å²) in [6, 6.07) is 6.80. The molecule has 2 fully saturated rings. The molecular weight excluding hydrogens is 281 g/mol. The van der Waals surface area contributed by atoms with Gasteiger partial charge >= 0.3 is 0 Å². The second-order valence-electron chi connectivity index (χ2n) is 6.35. The Bertz CT molecular complexity index is 568. The van der Waals surface area contributed by atoms with Crippen LogP contribution in [0.25, 0.3) is 0 Å². The van der Waals surface area contributed by atoms with Crippen molar-refractivity contribution < 1.29 is 9.13 Å². The number of nitriles is 1. The second kappa shape index (κ2) is 6.64. The Morgan fingerprint density at radius 3 is 2.95 bits per heavy atom. The first-order valence-corrected chi connectivity index (χ1v) is 7.91. The van der Waals surface area contributed by atoms with E-state index in [9.17, 15) is 9.65 Å². The van der Waals surface area contributed by atoms with Crippen molar-refractivity contribution >= 4 is 5.69 Å². The number of halogens is 1. The number of likely N-dealkylation sites (N-methyl/N-ethyl adjacent to an activating group) is 1. The van der Waals surface area contributed by atoms with Gasteiger partial charge in [-0.05, 0) is 37.9 Å². The molecule has 3 rings (SSSR count). The lowest BCUT2D eigenvalue weighted by Gasteiger charge is -2.36.